The molecular formula is C23H26ClNO4. The van der Waals surface area contributed by atoms with E-state index in [1.165, 1.54) is 0 Å². The molecule has 29 heavy (non-hydrogen) atoms. The molecule has 4 rings (SSSR count). The van der Waals surface area contributed by atoms with Gasteiger partial charge in [-0.1, -0.05) is 29.8 Å². The molecule has 1 fully saturated rings. The number of likely N-dealkylation sites (N-methyl/N-ethyl adjacent to an activating group) is 1. The van der Waals surface area contributed by atoms with E-state index in [4.69, 9.17) is 25.8 Å². The summed E-state index contributed by atoms with van der Waals surface area (Å²) in [6.07, 6.45) is 4.63. The van der Waals surface area contributed by atoms with E-state index >= 15 is 0 Å². The Morgan fingerprint density at radius 2 is 1.97 bits per heavy atom. The van der Waals surface area contributed by atoms with E-state index in [0.717, 1.165) is 35.4 Å². The van der Waals surface area contributed by atoms with E-state index in [9.17, 15) is 5.11 Å². The van der Waals surface area contributed by atoms with Gasteiger partial charge in [-0.05, 0) is 38.2 Å². The molecule has 0 spiro atoms. The number of benzene rings is 2. The number of aliphatic hydroxyl groups is 1. The van der Waals surface area contributed by atoms with Crippen molar-refractivity contribution in [1.29, 1.82) is 0 Å². The average molecular weight is 416 g/mol. The Hall–Kier alpha value is -2.21. The van der Waals surface area contributed by atoms with E-state index in [-0.39, 0.29) is 24.7 Å². The summed E-state index contributed by atoms with van der Waals surface area (Å²) in [5, 5.41) is 10.7. The maximum Gasteiger partial charge on any atom is 0.144 e. The monoisotopic (exact) mass is 415 g/mol. The van der Waals surface area contributed by atoms with Crippen LogP contribution >= 0.6 is 11.6 Å². The highest BCUT2D eigenvalue weighted by atomic mass is 35.5. The van der Waals surface area contributed by atoms with Crippen LogP contribution in [-0.4, -0.2) is 50.5 Å². The summed E-state index contributed by atoms with van der Waals surface area (Å²) < 4.78 is 17.9. The van der Waals surface area contributed by atoms with Crippen molar-refractivity contribution in [2.24, 2.45) is 0 Å². The second kappa shape index (κ2) is 8.27. The predicted octanol–water partition coefficient (Wildman–Crippen LogP) is 4.28. The third kappa shape index (κ3) is 3.48. The highest BCUT2D eigenvalue weighted by molar-refractivity contribution is 6.31. The lowest BCUT2D eigenvalue weighted by Gasteiger charge is -2.31. The first kappa shape index (κ1) is 20.1. The summed E-state index contributed by atoms with van der Waals surface area (Å²) in [6.45, 7) is 0.985. The van der Waals surface area contributed by atoms with Gasteiger partial charge in [0.1, 0.15) is 23.4 Å². The topological polar surface area (TPSA) is 51.2 Å². The van der Waals surface area contributed by atoms with Gasteiger partial charge < -0.3 is 24.2 Å². The number of nitrogens with zero attached hydrogens (tertiary/aromatic N) is 1. The van der Waals surface area contributed by atoms with Crippen molar-refractivity contribution in [2.45, 2.75) is 24.5 Å². The lowest BCUT2D eigenvalue weighted by Crippen LogP contribution is -2.32. The Labute approximate surface area is 176 Å². The molecule has 3 atom stereocenters. The van der Waals surface area contributed by atoms with Crippen molar-refractivity contribution in [2.75, 3.05) is 34.4 Å². The normalized spacial score (nSPS) is 23.6. The molecule has 2 aliphatic heterocycles. The van der Waals surface area contributed by atoms with Gasteiger partial charge in [0.05, 0.1) is 26.4 Å². The first-order chi connectivity index (χ1) is 14.1. The van der Waals surface area contributed by atoms with E-state index < -0.39 is 0 Å². The molecule has 0 aliphatic carbocycles. The second-order valence-corrected chi connectivity index (χ2v) is 7.89. The quantitative estimate of drug-likeness (QED) is 0.789. The van der Waals surface area contributed by atoms with Crippen molar-refractivity contribution in [3.63, 3.8) is 0 Å². The fourth-order valence-corrected chi connectivity index (χ4v) is 4.69. The van der Waals surface area contributed by atoms with Crippen LogP contribution in [0.1, 0.15) is 35.1 Å². The molecule has 0 amide bonds. The van der Waals surface area contributed by atoms with Gasteiger partial charge in [0, 0.05) is 34.2 Å². The van der Waals surface area contributed by atoms with E-state index in [2.05, 4.69) is 4.90 Å². The Balaban J connectivity index is 1.86. The zero-order chi connectivity index (χ0) is 20.5. The van der Waals surface area contributed by atoms with E-state index in [1.54, 1.807) is 14.2 Å². The minimum Gasteiger partial charge on any atom is -0.496 e. The highest BCUT2D eigenvalue weighted by Gasteiger charge is 2.38. The van der Waals surface area contributed by atoms with Crippen molar-refractivity contribution in [3.8, 4) is 17.2 Å². The number of hydrogen-bond donors (Lipinski definition) is 1. The predicted molar refractivity (Wildman–Crippen MR) is 114 cm³/mol. The molecule has 2 aromatic rings. The van der Waals surface area contributed by atoms with Gasteiger partial charge >= 0.3 is 0 Å². The molecule has 6 heteroatoms. The molecule has 2 aromatic carbocycles. The van der Waals surface area contributed by atoms with Crippen LogP contribution in [0.5, 0.6) is 17.2 Å². The van der Waals surface area contributed by atoms with E-state index in [1.807, 2.05) is 49.5 Å². The highest BCUT2D eigenvalue weighted by Crippen LogP contribution is 2.51. The Kier molecular flexibility index (Phi) is 5.72. The van der Waals surface area contributed by atoms with Crippen LogP contribution in [0.2, 0.25) is 5.02 Å². The van der Waals surface area contributed by atoms with Gasteiger partial charge in [-0.3, -0.25) is 0 Å². The number of ether oxygens (including phenoxy) is 3. The lowest BCUT2D eigenvalue weighted by atomic mass is 9.87. The van der Waals surface area contributed by atoms with Crippen LogP contribution in [0.3, 0.4) is 0 Å². The van der Waals surface area contributed by atoms with Gasteiger partial charge in [0.2, 0.25) is 0 Å². The minimum absolute atomic E-state index is 0.00895. The third-order valence-electron chi connectivity index (χ3n) is 6.00. The Morgan fingerprint density at radius 1 is 1.21 bits per heavy atom. The number of likely N-dealkylation sites (tertiary alicyclic amines) is 1. The fraction of sp³-hybridized carbons (Fsp3) is 0.391. The van der Waals surface area contributed by atoms with Crippen LogP contribution in [0.15, 0.2) is 36.4 Å². The zero-order valence-electron chi connectivity index (χ0n) is 16.9. The molecule has 0 bridgehead atoms. The first-order valence-electron chi connectivity index (χ1n) is 9.78. The first-order valence-corrected chi connectivity index (χ1v) is 10.2. The fourth-order valence-electron chi connectivity index (χ4n) is 4.45. The molecule has 1 unspecified atom stereocenters. The number of rotatable bonds is 5. The lowest BCUT2D eigenvalue weighted by molar-refractivity contribution is 0.169. The van der Waals surface area contributed by atoms with Crippen LogP contribution in [0.25, 0.3) is 6.08 Å². The maximum atomic E-state index is 10.0. The second-order valence-electron chi connectivity index (χ2n) is 7.48. The van der Waals surface area contributed by atoms with Gasteiger partial charge in [0.25, 0.3) is 0 Å². The average Bonchev–Trinajstić information content (AvgIpc) is 3.12. The summed E-state index contributed by atoms with van der Waals surface area (Å²) in [6, 6.07) is 9.61. The van der Waals surface area contributed by atoms with Crippen molar-refractivity contribution in [3.05, 3.63) is 58.1 Å². The smallest absolute Gasteiger partial charge is 0.144 e. The third-order valence-corrected chi connectivity index (χ3v) is 6.34. The Morgan fingerprint density at radius 3 is 2.66 bits per heavy atom. The number of halogens is 1. The molecular weight excluding hydrogens is 390 g/mol. The van der Waals surface area contributed by atoms with Crippen LogP contribution < -0.4 is 14.2 Å². The maximum absolute atomic E-state index is 10.0. The SMILES string of the molecule is COc1cc(OC)c([C@@H]2CCN(C)[C@H]2CO)c2c1C=CC(c1ccccc1Cl)O2. The molecule has 5 nitrogen and oxygen atoms in total. The number of aliphatic hydroxyl groups excluding tert-OH is 1. The van der Waals surface area contributed by atoms with Crippen molar-refractivity contribution < 1.29 is 19.3 Å². The number of fused-ring (bicyclic) bond motifs is 1. The minimum atomic E-state index is -0.307. The van der Waals surface area contributed by atoms with Crippen LogP contribution in [-0.2, 0) is 0 Å². The van der Waals surface area contributed by atoms with E-state index in [0.29, 0.717) is 16.5 Å². The number of methoxy groups -OCH3 is 2. The molecule has 2 heterocycles. The van der Waals surface area contributed by atoms with Gasteiger partial charge in [0.15, 0.2) is 0 Å². The van der Waals surface area contributed by atoms with Gasteiger partial charge in [-0.2, -0.15) is 0 Å². The molecule has 1 saturated heterocycles. The molecule has 0 saturated carbocycles. The summed E-state index contributed by atoms with van der Waals surface area (Å²) in [4.78, 5) is 2.19. The van der Waals surface area contributed by atoms with Crippen molar-refractivity contribution in [1.82, 2.24) is 4.90 Å². The zero-order valence-corrected chi connectivity index (χ0v) is 17.6. The Bertz CT molecular complexity index is 929. The van der Waals surface area contributed by atoms with Gasteiger partial charge in [-0.15, -0.1) is 0 Å². The summed E-state index contributed by atoms with van der Waals surface area (Å²) in [5.74, 6) is 2.25. The van der Waals surface area contributed by atoms with Gasteiger partial charge in [-0.25, -0.2) is 0 Å². The van der Waals surface area contributed by atoms with Crippen molar-refractivity contribution >= 4 is 17.7 Å². The summed E-state index contributed by atoms with van der Waals surface area (Å²) in [5.41, 5.74) is 2.78. The summed E-state index contributed by atoms with van der Waals surface area (Å²) in [7, 11) is 5.33. The molecule has 1 N–H and O–H groups in total. The largest absolute Gasteiger partial charge is 0.496 e. The van der Waals surface area contributed by atoms with Crippen LogP contribution in [0.4, 0.5) is 0 Å². The molecule has 0 aromatic heterocycles. The summed E-state index contributed by atoms with van der Waals surface area (Å²) >= 11 is 6.43. The number of hydrogen-bond acceptors (Lipinski definition) is 5. The molecule has 0 radical (unpaired) electrons. The molecule has 154 valence electrons. The standard InChI is InChI=1S/C23H26ClNO4/c1-25-11-10-15(18(25)13-26)22-21(28-3)12-20(27-2)16-8-9-19(29-23(16)22)14-6-4-5-7-17(14)24/h4-9,12,15,18-19,26H,10-11,13H2,1-3H3/t15-,18+,19?/m1/s1. The molecule has 2 aliphatic rings. The van der Waals surface area contributed by atoms with Crippen LogP contribution in [0, 0.1) is 0 Å².